The summed E-state index contributed by atoms with van der Waals surface area (Å²) in [5.41, 5.74) is 3.80. The van der Waals surface area contributed by atoms with Crippen molar-refractivity contribution in [2.45, 2.75) is 42.2 Å². The summed E-state index contributed by atoms with van der Waals surface area (Å²) in [6.07, 6.45) is 5.81. The van der Waals surface area contributed by atoms with E-state index in [0.29, 0.717) is 0 Å². The zero-order valence-corrected chi connectivity index (χ0v) is 16.5. The van der Waals surface area contributed by atoms with Gasteiger partial charge >= 0.3 is 0 Å². The second-order valence-electron chi connectivity index (χ2n) is 7.50. The Morgan fingerprint density at radius 1 is 1.04 bits per heavy atom. The van der Waals surface area contributed by atoms with Crippen molar-refractivity contribution in [1.29, 1.82) is 0 Å². The fourth-order valence-corrected chi connectivity index (χ4v) is 5.28. The van der Waals surface area contributed by atoms with Crippen LogP contribution in [0.3, 0.4) is 0 Å². The lowest BCUT2D eigenvalue weighted by Gasteiger charge is -2.46. The molecule has 0 spiro atoms. The molecular weight excluding hydrogens is 372 g/mol. The second kappa shape index (κ2) is 8.17. The minimum absolute atomic E-state index is 0.0273. The molecule has 1 saturated heterocycles. The first-order chi connectivity index (χ1) is 13.6. The van der Waals surface area contributed by atoms with Gasteiger partial charge in [0.05, 0.1) is 11.5 Å². The number of sulfonamides is 1. The van der Waals surface area contributed by atoms with E-state index < -0.39 is 10.0 Å². The maximum atomic E-state index is 12.5. The van der Waals surface area contributed by atoms with E-state index in [-0.39, 0.29) is 36.0 Å². The van der Waals surface area contributed by atoms with E-state index in [1.165, 1.54) is 17.6 Å². The van der Waals surface area contributed by atoms with Gasteiger partial charge in [-0.15, -0.1) is 0 Å². The zero-order valence-electron chi connectivity index (χ0n) is 15.7. The molecule has 4 rings (SSSR count). The number of benzene rings is 2. The van der Waals surface area contributed by atoms with Crippen LogP contribution in [0.4, 0.5) is 0 Å². The standard InChI is InChI=1S/C22H26N2O3S/c25-15-21-22(18-12-10-17(11-13-18)16-6-4-5-7-16)20(24-21)14-23-28(26,27)19-8-2-1-3-9-19/h1-3,6,8-13,20-25H,4-5,7,14-15H2/t20-,21+,22+/m1/s1. The van der Waals surface area contributed by atoms with E-state index >= 15 is 0 Å². The summed E-state index contributed by atoms with van der Waals surface area (Å²) in [5, 5.41) is 12.9. The van der Waals surface area contributed by atoms with E-state index in [1.807, 2.05) is 0 Å². The van der Waals surface area contributed by atoms with Crippen LogP contribution in [-0.2, 0) is 10.0 Å². The fraction of sp³-hybridized carbons (Fsp3) is 0.364. The summed E-state index contributed by atoms with van der Waals surface area (Å²) in [5.74, 6) is 0.0788. The van der Waals surface area contributed by atoms with Crippen LogP contribution < -0.4 is 10.0 Å². The number of allylic oxidation sites excluding steroid dienone is 2. The molecule has 3 N–H and O–H groups in total. The van der Waals surface area contributed by atoms with Gasteiger partial charge in [-0.1, -0.05) is 48.5 Å². The van der Waals surface area contributed by atoms with E-state index in [0.717, 1.165) is 18.4 Å². The van der Waals surface area contributed by atoms with Crippen molar-refractivity contribution in [3.05, 3.63) is 71.8 Å². The molecule has 0 unspecified atom stereocenters. The minimum Gasteiger partial charge on any atom is -0.395 e. The first-order valence-corrected chi connectivity index (χ1v) is 11.3. The number of nitrogens with one attached hydrogen (secondary N) is 2. The van der Waals surface area contributed by atoms with Crippen LogP contribution in [0.1, 0.15) is 36.3 Å². The third kappa shape index (κ3) is 3.91. The number of aliphatic hydroxyl groups excluding tert-OH is 1. The monoisotopic (exact) mass is 398 g/mol. The predicted octanol–water partition coefficient (Wildman–Crippen LogP) is 2.65. The summed E-state index contributed by atoms with van der Waals surface area (Å²) in [4.78, 5) is 0.263. The molecule has 6 heteroatoms. The van der Waals surface area contributed by atoms with Crippen LogP contribution in [-0.4, -0.2) is 38.8 Å². The molecule has 2 aromatic carbocycles. The molecule has 1 aliphatic carbocycles. The van der Waals surface area contributed by atoms with E-state index in [2.05, 4.69) is 40.4 Å². The highest BCUT2D eigenvalue weighted by molar-refractivity contribution is 7.89. The van der Waals surface area contributed by atoms with Crippen LogP contribution in [0.15, 0.2) is 65.6 Å². The molecule has 0 radical (unpaired) electrons. The van der Waals surface area contributed by atoms with Crippen molar-refractivity contribution >= 4 is 15.6 Å². The van der Waals surface area contributed by atoms with Crippen molar-refractivity contribution in [1.82, 2.24) is 10.0 Å². The number of hydrogen-bond donors (Lipinski definition) is 3. The lowest BCUT2D eigenvalue weighted by Crippen LogP contribution is -2.64. The Morgan fingerprint density at radius 2 is 1.79 bits per heavy atom. The first kappa shape index (κ1) is 19.3. The number of aliphatic hydroxyl groups is 1. The molecule has 0 saturated carbocycles. The van der Waals surface area contributed by atoms with E-state index in [4.69, 9.17) is 0 Å². The largest absolute Gasteiger partial charge is 0.395 e. The molecule has 28 heavy (non-hydrogen) atoms. The smallest absolute Gasteiger partial charge is 0.240 e. The summed E-state index contributed by atoms with van der Waals surface area (Å²) in [7, 11) is -3.54. The molecule has 148 valence electrons. The Balaban J connectivity index is 1.45. The predicted molar refractivity (Wildman–Crippen MR) is 110 cm³/mol. The lowest BCUT2D eigenvalue weighted by molar-refractivity contribution is 0.129. The highest BCUT2D eigenvalue weighted by Crippen LogP contribution is 2.34. The molecule has 1 fully saturated rings. The molecule has 2 aliphatic rings. The average molecular weight is 399 g/mol. The van der Waals surface area contributed by atoms with Gasteiger partial charge in [0.1, 0.15) is 0 Å². The molecule has 1 aliphatic heterocycles. The third-order valence-electron chi connectivity index (χ3n) is 5.75. The first-order valence-electron chi connectivity index (χ1n) is 9.79. The molecule has 5 nitrogen and oxygen atoms in total. The number of rotatable bonds is 7. The summed E-state index contributed by atoms with van der Waals surface area (Å²) < 4.78 is 27.6. The number of hydrogen-bond acceptors (Lipinski definition) is 4. The van der Waals surface area contributed by atoms with Gasteiger partial charge in [-0.05, 0) is 48.1 Å². The van der Waals surface area contributed by atoms with Crippen LogP contribution in [0.5, 0.6) is 0 Å². The molecule has 2 aromatic rings. The molecular formula is C22H26N2O3S. The fourth-order valence-electron chi connectivity index (χ4n) is 4.20. The van der Waals surface area contributed by atoms with Crippen LogP contribution in [0, 0.1) is 0 Å². The van der Waals surface area contributed by atoms with Gasteiger partial charge in [0.25, 0.3) is 0 Å². The van der Waals surface area contributed by atoms with Crippen molar-refractivity contribution in [3.8, 4) is 0 Å². The maximum Gasteiger partial charge on any atom is 0.240 e. The maximum absolute atomic E-state index is 12.5. The molecule has 0 bridgehead atoms. The Labute approximate surface area is 166 Å². The Bertz CT molecular complexity index is 940. The summed E-state index contributed by atoms with van der Waals surface area (Å²) in [6, 6.07) is 16.8. The van der Waals surface area contributed by atoms with E-state index in [9.17, 15) is 13.5 Å². The Hall–Kier alpha value is -1.99. The third-order valence-corrected chi connectivity index (χ3v) is 7.19. The van der Waals surface area contributed by atoms with E-state index in [1.54, 1.807) is 30.3 Å². The normalized spacial score (nSPS) is 24.6. The average Bonchev–Trinajstić information content (AvgIpc) is 3.23. The van der Waals surface area contributed by atoms with Gasteiger partial charge in [-0.3, -0.25) is 0 Å². The van der Waals surface area contributed by atoms with Gasteiger partial charge in [0.15, 0.2) is 0 Å². The van der Waals surface area contributed by atoms with Crippen LogP contribution in [0.25, 0.3) is 5.57 Å². The zero-order chi connectivity index (χ0) is 19.6. The van der Waals surface area contributed by atoms with Crippen LogP contribution >= 0.6 is 0 Å². The quantitative estimate of drug-likeness (QED) is 0.670. The molecule has 0 amide bonds. The minimum atomic E-state index is -3.54. The van der Waals surface area contributed by atoms with Gasteiger partial charge in [0.2, 0.25) is 10.0 Å². The van der Waals surface area contributed by atoms with Crippen LogP contribution in [0.2, 0.25) is 0 Å². The van der Waals surface area contributed by atoms with Gasteiger partial charge in [-0.2, -0.15) is 0 Å². The van der Waals surface area contributed by atoms with Crippen molar-refractivity contribution in [2.75, 3.05) is 13.2 Å². The summed E-state index contributed by atoms with van der Waals surface area (Å²) in [6.45, 7) is 0.310. The summed E-state index contributed by atoms with van der Waals surface area (Å²) >= 11 is 0. The second-order valence-corrected chi connectivity index (χ2v) is 9.26. The highest BCUT2D eigenvalue weighted by Gasteiger charge is 2.41. The molecule has 3 atom stereocenters. The van der Waals surface area contributed by atoms with Gasteiger partial charge in [-0.25, -0.2) is 13.1 Å². The SMILES string of the molecule is O=S(=O)(NC[C@H]1N[C@@H](CO)[C@H]1c1ccc(C2=CCCC2)cc1)c1ccccc1. The highest BCUT2D eigenvalue weighted by atomic mass is 32.2. The molecule has 0 aromatic heterocycles. The molecule has 1 heterocycles. The van der Waals surface area contributed by atoms with Crippen molar-refractivity contribution < 1.29 is 13.5 Å². The Kier molecular flexibility index (Phi) is 5.64. The van der Waals surface area contributed by atoms with Crippen molar-refractivity contribution in [2.24, 2.45) is 0 Å². The lowest BCUT2D eigenvalue weighted by atomic mass is 9.77. The van der Waals surface area contributed by atoms with Gasteiger partial charge in [0, 0.05) is 24.5 Å². The van der Waals surface area contributed by atoms with Crippen molar-refractivity contribution in [3.63, 3.8) is 0 Å². The topological polar surface area (TPSA) is 78.4 Å². The van der Waals surface area contributed by atoms with Gasteiger partial charge < -0.3 is 10.4 Å². The Morgan fingerprint density at radius 3 is 2.43 bits per heavy atom.